The minimum absolute atomic E-state index is 0.0639. The van der Waals surface area contributed by atoms with Crippen molar-refractivity contribution in [2.24, 2.45) is 0 Å². The van der Waals surface area contributed by atoms with Crippen LogP contribution in [0.1, 0.15) is 21.7 Å². The second-order valence-corrected chi connectivity index (χ2v) is 7.84. The summed E-state index contributed by atoms with van der Waals surface area (Å²) in [5.41, 5.74) is 0.544. The number of hydrogen-bond donors (Lipinski definition) is 1. The van der Waals surface area contributed by atoms with E-state index in [1.807, 2.05) is 36.4 Å². The second kappa shape index (κ2) is 8.73. The fraction of sp³-hybridized carbons (Fsp3) is 0.318. The number of fused-ring (bicyclic) bond motifs is 1. The first-order chi connectivity index (χ1) is 13.7. The molecule has 0 atom stereocenters. The van der Waals surface area contributed by atoms with E-state index in [1.165, 1.54) is 11.3 Å². The fourth-order valence-electron chi connectivity index (χ4n) is 3.32. The van der Waals surface area contributed by atoms with Gasteiger partial charge in [-0.2, -0.15) is 0 Å². The minimum Gasteiger partial charge on any atom is -0.506 e. The minimum atomic E-state index is -0.169. The van der Waals surface area contributed by atoms with Crippen LogP contribution in [0.15, 0.2) is 48.5 Å². The van der Waals surface area contributed by atoms with Gasteiger partial charge in [-0.15, -0.1) is 11.3 Å². The van der Waals surface area contributed by atoms with Crippen molar-refractivity contribution in [2.45, 2.75) is 6.42 Å². The van der Waals surface area contributed by atoms with E-state index in [0.29, 0.717) is 17.0 Å². The second-order valence-electron chi connectivity index (χ2n) is 6.79. The average Bonchev–Trinajstić information content (AvgIpc) is 3.09. The van der Waals surface area contributed by atoms with Crippen molar-refractivity contribution in [3.05, 3.63) is 59.0 Å². The third-order valence-electron chi connectivity index (χ3n) is 4.88. The van der Waals surface area contributed by atoms with Crippen molar-refractivity contribution in [2.75, 3.05) is 39.5 Å². The first-order valence-electron chi connectivity index (χ1n) is 9.50. The quantitative estimate of drug-likeness (QED) is 0.483. The fourth-order valence-corrected chi connectivity index (χ4v) is 4.38. The molecule has 5 nitrogen and oxygen atoms in total. The summed E-state index contributed by atoms with van der Waals surface area (Å²) in [6.07, 6.45) is 0.955. The summed E-state index contributed by atoms with van der Waals surface area (Å²) >= 11 is 1.32. The Bertz CT molecular complexity index is 945. The number of hydrogen-bond acceptors (Lipinski definition) is 6. The summed E-state index contributed by atoms with van der Waals surface area (Å²) in [6.45, 7) is 5.24. The first kappa shape index (κ1) is 18.9. The standard InChI is InChI=1S/C22H23NO4S/c24-20(22-21(25)18-4-1-2-5-19(18)28-22)16-6-8-17(9-7-16)27-13-3-10-23-11-14-26-15-12-23/h1-2,4-9,25H,3,10-15H2. The van der Waals surface area contributed by atoms with Gasteiger partial charge in [0.05, 0.1) is 19.8 Å². The van der Waals surface area contributed by atoms with Gasteiger partial charge in [-0.1, -0.05) is 12.1 Å². The van der Waals surface area contributed by atoms with Crippen molar-refractivity contribution in [1.29, 1.82) is 0 Å². The summed E-state index contributed by atoms with van der Waals surface area (Å²) in [6, 6.07) is 14.6. The number of benzene rings is 2. The van der Waals surface area contributed by atoms with E-state index in [4.69, 9.17) is 9.47 Å². The Morgan fingerprint density at radius 1 is 1.11 bits per heavy atom. The van der Waals surface area contributed by atoms with Gasteiger partial charge in [-0.05, 0) is 42.8 Å². The highest BCUT2D eigenvalue weighted by atomic mass is 32.1. The van der Waals surface area contributed by atoms with Gasteiger partial charge in [0.25, 0.3) is 0 Å². The van der Waals surface area contributed by atoms with Gasteiger partial charge in [0.2, 0.25) is 5.78 Å². The smallest absolute Gasteiger partial charge is 0.206 e. The lowest BCUT2D eigenvalue weighted by atomic mass is 10.1. The van der Waals surface area contributed by atoms with Crippen LogP contribution in [0.25, 0.3) is 10.1 Å². The highest BCUT2D eigenvalue weighted by Crippen LogP contribution is 2.38. The summed E-state index contributed by atoms with van der Waals surface area (Å²) < 4.78 is 12.0. The predicted octanol–water partition coefficient (Wildman–Crippen LogP) is 3.94. The van der Waals surface area contributed by atoms with Crippen molar-refractivity contribution in [3.63, 3.8) is 0 Å². The summed E-state index contributed by atoms with van der Waals surface area (Å²) in [5.74, 6) is 0.644. The van der Waals surface area contributed by atoms with Crippen LogP contribution in [0.4, 0.5) is 0 Å². The zero-order valence-electron chi connectivity index (χ0n) is 15.6. The lowest BCUT2D eigenvalue weighted by Crippen LogP contribution is -2.37. The maximum atomic E-state index is 12.8. The number of ketones is 1. The van der Waals surface area contributed by atoms with Gasteiger partial charge in [0.1, 0.15) is 16.4 Å². The van der Waals surface area contributed by atoms with E-state index < -0.39 is 0 Å². The van der Waals surface area contributed by atoms with E-state index >= 15 is 0 Å². The Hall–Kier alpha value is -2.41. The topological polar surface area (TPSA) is 59.0 Å². The van der Waals surface area contributed by atoms with Crippen LogP contribution in [-0.2, 0) is 4.74 Å². The molecule has 146 valence electrons. The van der Waals surface area contributed by atoms with Crippen molar-refractivity contribution < 1.29 is 19.4 Å². The maximum absolute atomic E-state index is 12.8. The zero-order chi connectivity index (χ0) is 19.3. The van der Waals surface area contributed by atoms with E-state index in [9.17, 15) is 9.90 Å². The van der Waals surface area contributed by atoms with Gasteiger partial charge < -0.3 is 14.6 Å². The summed E-state index contributed by atoms with van der Waals surface area (Å²) in [4.78, 5) is 15.5. The van der Waals surface area contributed by atoms with Crippen molar-refractivity contribution in [3.8, 4) is 11.5 Å². The average molecular weight is 397 g/mol. The molecule has 0 aliphatic carbocycles. The molecule has 28 heavy (non-hydrogen) atoms. The molecule has 1 N–H and O–H groups in total. The van der Waals surface area contributed by atoms with Crippen molar-refractivity contribution >= 4 is 27.2 Å². The Kier molecular flexibility index (Phi) is 5.90. The number of thiophene rings is 1. The van der Waals surface area contributed by atoms with E-state index in [-0.39, 0.29) is 11.5 Å². The summed E-state index contributed by atoms with van der Waals surface area (Å²) in [7, 11) is 0. The number of nitrogens with zero attached hydrogens (tertiary/aromatic N) is 1. The molecule has 0 spiro atoms. The Balaban J connectivity index is 1.34. The van der Waals surface area contributed by atoms with Crippen LogP contribution in [-0.4, -0.2) is 55.2 Å². The molecule has 2 heterocycles. The Morgan fingerprint density at radius 2 is 1.86 bits per heavy atom. The molecule has 6 heteroatoms. The first-order valence-corrected chi connectivity index (χ1v) is 10.3. The normalized spacial score (nSPS) is 15.0. The number of ether oxygens (including phenoxy) is 2. The van der Waals surface area contributed by atoms with Crippen molar-refractivity contribution in [1.82, 2.24) is 4.90 Å². The molecule has 0 unspecified atom stereocenters. The van der Waals surface area contributed by atoms with Gasteiger partial charge in [0.15, 0.2) is 0 Å². The molecule has 4 rings (SSSR count). The van der Waals surface area contributed by atoms with Crippen LogP contribution >= 0.6 is 11.3 Å². The zero-order valence-corrected chi connectivity index (χ0v) is 16.4. The summed E-state index contributed by atoms with van der Waals surface area (Å²) in [5, 5.41) is 11.1. The van der Waals surface area contributed by atoms with E-state index in [0.717, 1.165) is 55.1 Å². The highest BCUT2D eigenvalue weighted by Gasteiger charge is 2.19. The molecule has 0 radical (unpaired) electrons. The molecule has 1 saturated heterocycles. The van der Waals surface area contributed by atoms with E-state index in [1.54, 1.807) is 12.1 Å². The third-order valence-corrected chi connectivity index (χ3v) is 6.04. The Labute approximate surface area is 168 Å². The van der Waals surface area contributed by atoms with Crippen LogP contribution < -0.4 is 4.74 Å². The van der Waals surface area contributed by atoms with Crippen LogP contribution in [0.2, 0.25) is 0 Å². The van der Waals surface area contributed by atoms with Gasteiger partial charge in [-0.3, -0.25) is 9.69 Å². The van der Waals surface area contributed by atoms with Gasteiger partial charge >= 0.3 is 0 Å². The molecule has 0 amide bonds. The number of aromatic hydroxyl groups is 1. The lowest BCUT2D eigenvalue weighted by Gasteiger charge is -2.26. The maximum Gasteiger partial charge on any atom is 0.206 e. The SMILES string of the molecule is O=C(c1ccc(OCCCN2CCOCC2)cc1)c1sc2ccccc2c1O. The molecule has 2 aromatic carbocycles. The van der Waals surface area contributed by atoms with Crippen LogP contribution in [0, 0.1) is 0 Å². The molecule has 0 bridgehead atoms. The molecule has 1 aliphatic heterocycles. The van der Waals surface area contributed by atoms with Crippen LogP contribution in [0.5, 0.6) is 11.5 Å². The van der Waals surface area contributed by atoms with Crippen LogP contribution in [0.3, 0.4) is 0 Å². The largest absolute Gasteiger partial charge is 0.506 e. The Morgan fingerprint density at radius 3 is 2.61 bits per heavy atom. The van der Waals surface area contributed by atoms with E-state index in [2.05, 4.69) is 4.90 Å². The number of morpholine rings is 1. The molecule has 1 fully saturated rings. The molecule has 3 aromatic rings. The van der Waals surface area contributed by atoms with Gasteiger partial charge in [-0.25, -0.2) is 0 Å². The number of carbonyl (C=O) groups is 1. The lowest BCUT2D eigenvalue weighted by molar-refractivity contribution is 0.0358. The molecular weight excluding hydrogens is 374 g/mol. The molecule has 0 saturated carbocycles. The molecule has 1 aromatic heterocycles. The predicted molar refractivity (Wildman–Crippen MR) is 111 cm³/mol. The number of carbonyl (C=O) groups excluding carboxylic acids is 1. The van der Waals surface area contributed by atoms with Gasteiger partial charge in [0, 0.05) is 35.3 Å². The highest BCUT2D eigenvalue weighted by molar-refractivity contribution is 7.21. The molecule has 1 aliphatic rings. The third kappa shape index (κ3) is 4.19. The number of rotatable bonds is 7. The monoisotopic (exact) mass is 397 g/mol. The molecular formula is C22H23NO4S.